The van der Waals surface area contributed by atoms with E-state index in [1.165, 1.54) is 17.0 Å². The monoisotopic (exact) mass is 389 g/mol. The first-order valence-corrected chi connectivity index (χ1v) is 9.57. The Kier molecular flexibility index (Phi) is 5.08. The first-order chi connectivity index (χ1) is 13.6. The van der Waals surface area contributed by atoms with E-state index in [1.54, 1.807) is 18.2 Å². The molecule has 3 aromatic carbocycles. The highest BCUT2D eigenvalue weighted by Gasteiger charge is 2.34. The third-order valence-electron chi connectivity index (χ3n) is 4.44. The summed E-state index contributed by atoms with van der Waals surface area (Å²) in [5.74, 6) is -0.678. The smallest absolute Gasteiger partial charge is 0.268 e. The number of imide groups is 1. The Hall–Kier alpha value is -3.18. The summed E-state index contributed by atoms with van der Waals surface area (Å²) < 4.78 is 13.0. The van der Waals surface area contributed by atoms with E-state index in [2.05, 4.69) is 0 Å². The van der Waals surface area contributed by atoms with Gasteiger partial charge in [0.15, 0.2) is 0 Å². The molecule has 0 spiro atoms. The predicted octanol–water partition coefficient (Wildman–Crippen LogP) is 5.73. The molecule has 0 radical (unpaired) electrons. The van der Waals surface area contributed by atoms with Crippen molar-refractivity contribution in [3.05, 3.63) is 101 Å². The highest BCUT2D eigenvalue weighted by molar-refractivity contribution is 8.18. The third-order valence-corrected chi connectivity index (χ3v) is 5.35. The van der Waals surface area contributed by atoms with Gasteiger partial charge in [0.1, 0.15) is 5.82 Å². The van der Waals surface area contributed by atoms with Crippen LogP contribution in [0.3, 0.4) is 0 Å². The van der Waals surface area contributed by atoms with Crippen LogP contribution in [0.5, 0.6) is 0 Å². The molecule has 5 heteroatoms. The Morgan fingerprint density at radius 3 is 2.14 bits per heavy atom. The number of hydrogen-bond acceptors (Lipinski definition) is 3. The minimum Gasteiger partial charge on any atom is -0.268 e. The molecule has 1 saturated heterocycles. The maximum absolute atomic E-state index is 13.0. The SMILES string of the molecule is O=C1S/C(=C\c2ccc(-c3ccccc3)cc2)C(=O)N1Cc1ccc(F)cc1. The molecular formula is C23H16FNO2S. The van der Waals surface area contributed by atoms with E-state index in [1.807, 2.05) is 54.6 Å². The number of carbonyl (C=O) groups is 2. The summed E-state index contributed by atoms with van der Waals surface area (Å²) in [7, 11) is 0. The van der Waals surface area contributed by atoms with Crippen molar-refractivity contribution in [2.45, 2.75) is 6.54 Å². The largest absolute Gasteiger partial charge is 0.293 e. The lowest BCUT2D eigenvalue weighted by Gasteiger charge is -2.12. The maximum atomic E-state index is 13.0. The number of hydrogen-bond donors (Lipinski definition) is 0. The molecule has 2 amide bonds. The summed E-state index contributed by atoms with van der Waals surface area (Å²) in [5.41, 5.74) is 3.76. The predicted molar refractivity (Wildman–Crippen MR) is 110 cm³/mol. The van der Waals surface area contributed by atoms with Crippen molar-refractivity contribution in [3.63, 3.8) is 0 Å². The lowest BCUT2D eigenvalue weighted by Crippen LogP contribution is -2.27. The highest BCUT2D eigenvalue weighted by Crippen LogP contribution is 2.33. The van der Waals surface area contributed by atoms with Crippen molar-refractivity contribution in [2.75, 3.05) is 0 Å². The molecular weight excluding hydrogens is 373 g/mol. The number of rotatable bonds is 4. The number of nitrogens with zero attached hydrogens (tertiary/aromatic N) is 1. The Balaban J connectivity index is 1.51. The summed E-state index contributed by atoms with van der Waals surface area (Å²) in [5, 5.41) is -0.318. The number of halogens is 1. The zero-order valence-electron chi connectivity index (χ0n) is 14.8. The van der Waals surface area contributed by atoms with E-state index in [4.69, 9.17) is 0 Å². The van der Waals surface area contributed by atoms with E-state index >= 15 is 0 Å². The quantitative estimate of drug-likeness (QED) is 0.535. The van der Waals surface area contributed by atoms with Crippen molar-refractivity contribution in [2.24, 2.45) is 0 Å². The zero-order chi connectivity index (χ0) is 19.5. The van der Waals surface area contributed by atoms with Crippen LogP contribution in [0, 0.1) is 5.82 Å². The summed E-state index contributed by atoms with van der Waals surface area (Å²) in [4.78, 5) is 26.4. The molecule has 4 rings (SSSR count). The van der Waals surface area contributed by atoms with E-state index < -0.39 is 0 Å². The summed E-state index contributed by atoms with van der Waals surface area (Å²) in [6.45, 7) is 0.134. The van der Waals surface area contributed by atoms with Crippen LogP contribution >= 0.6 is 11.8 Å². The lowest BCUT2D eigenvalue weighted by molar-refractivity contribution is -0.123. The van der Waals surface area contributed by atoms with E-state index in [0.29, 0.717) is 10.5 Å². The fourth-order valence-corrected chi connectivity index (χ4v) is 3.80. The third kappa shape index (κ3) is 3.89. The van der Waals surface area contributed by atoms with Crippen LogP contribution in [0.4, 0.5) is 9.18 Å². The molecule has 0 bridgehead atoms. The van der Waals surface area contributed by atoms with Gasteiger partial charge in [-0.3, -0.25) is 14.5 Å². The number of benzene rings is 3. The van der Waals surface area contributed by atoms with Gasteiger partial charge < -0.3 is 0 Å². The first kappa shape index (κ1) is 18.2. The molecule has 1 heterocycles. The van der Waals surface area contributed by atoms with E-state index in [9.17, 15) is 14.0 Å². The first-order valence-electron chi connectivity index (χ1n) is 8.75. The second-order valence-electron chi connectivity index (χ2n) is 6.38. The number of carbonyl (C=O) groups excluding carboxylic acids is 2. The van der Waals surface area contributed by atoms with Gasteiger partial charge in [-0.1, -0.05) is 66.7 Å². The van der Waals surface area contributed by atoms with Crippen LogP contribution < -0.4 is 0 Å². The minimum atomic E-state index is -0.350. The Bertz CT molecular complexity index is 1040. The standard InChI is InChI=1S/C23H16FNO2S/c24-20-12-8-17(9-13-20)15-25-22(26)21(28-23(25)27)14-16-6-10-19(11-7-16)18-4-2-1-3-5-18/h1-14H,15H2/b21-14-. The minimum absolute atomic E-state index is 0.134. The fourth-order valence-electron chi connectivity index (χ4n) is 2.96. The van der Waals surface area contributed by atoms with Gasteiger partial charge in [-0.15, -0.1) is 0 Å². The van der Waals surface area contributed by atoms with Crippen LogP contribution in [0.1, 0.15) is 11.1 Å². The van der Waals surface area contributed by atoms with Crippen molar-refractivity contribution in [1.82, 2.24) is 4.90 Å². The van der Waals surface area contributed by atoms with Gasteiger partial charge in [0.2, 0.25) is 0 Å². The molecule has 1 aliphatic heterocycles. The molecule has 0 aliphatic carbocycles. The van der Waals surface area contributed by atoms with Crippen LogP contribution in [0.2, 0.25) is 0 Å². The van der Waals surface area contributed by atoms with Gasteiger partial charge in [0.05, 0.1) is 11.4 Å². The molecule has 0 aromatic heterocycles. The van der Waals surface area contributed by atoms with Crippen LogP contribution in [-0.2, 0) is 11.3 Å². The molecule has 3 aromatic rings. The maximum Gasteiger partial charge on any atom is 0.293 e. The van der Waals surface area contributed by atoms with Crippen molar-refractivity contribution >= 4 is 29.0 Å². The van der Waals surface area contributed by atoms with E-state index in [-0.39, 0.29) is 23.5 Å². The molecule has 1 aliphatic rings. The summed E-state index contributed by atoms with van der Waals surface area (Å²) in [6.07, 6.45) is 1.73. The fraction of sp³-hybridized carbons (Fsp3) is 0.0435. The summed E-state index contributed by atoms with van der Waals surface area (Å²) >= 11 is 0.924. The average Bonchev–Trinajstić information content (AvgIpc) is 2.98. The van der Waals surface area contributed by atoms with Gasteiger partial charge in [-0.05, 0) is 52.2 Å². The lowest BCUT2D eigenvalue weighted by atomic mass is 10.0. The molecule has 0 N–H and O–H groups in total. The molecule has 28 heavy (non-hydrogen) atoms. The normalized spacial score (nSPS) is 15.5. The zero-order valence-corrected chi connectivity index (χ0v) is 15.7. The Labute approximate surface area is 166 Å². The van der Waals surface area contributed by atoms with Gasteiger partial charge >= 0.3 is 0 Å². The molecule has 1 fully saturated rings. The van der Waals surface area contributed by atoms with Crippen LogP contribution in [0.15, 0.2) is 83.8 Å². The highest BCUT2D eigenvalue weighted by atomic mass is 32.2. The molecule has 0 unspecified atom stereocenters. The second kappa shape index (κ2) is 7.82. The molecule has 138 valence electrons. The molecule has 0 atom stereocenters. The van der Waals surface area contributed by atoms with Gasteiger partial charge in [0.25, 0.3) is 11.1 Å². The Morgan fingerprint density at radius 1 is 0.821 bits per heavy atom. The van der Waals surface area contributed by atoms with Crippen LogP contribution in [0.25, 0.3) is 17.2 Å². The second-order valence-corrected chi connectivity index (χ2v) is 7.38. The van der Waals surface area contributed by atoms with Crippen LogP contribution in [-0.4, -0.2) is 16.0 Å². The molecule has 0 saturated carbocycles. The van der Waals surface area contributed by atoms with E-state index in [0.717, 1.165) is 28.5 Å². The number of thioether (sulfide) groups is 1. The summed E-state index contributed by atoms with van der Waals surface area (Å²) in [6, 6.07) is 23.6. The molecule has 3 nitrogen and oxygen atoms in total. The van der Waals surface area contributed by atoms with Gasteiger partial charge in [0, 0.05) is 0 Å². The van der Waals surface area contributed by atoms with Crippen molar-refractivity contribution in [1.29, 1.82) is 0 Å². The number of amides is 2. The van der Waals surface area contributed by atoms with Crippen molar-refractivity contribution in [3.8, 4) is 11.1 Å². The Morgan fingerprint density at radius 2 is 1.46 bits per heavy atom. The topological polar surface area (TPSA) is 37.4 Å². The van der Waals surface area contributed by atoms with Gasteiger partial charge in [-0.2, -0.15) is 0 Å². The average molecular weight is 389 g/mol. The van der Waals surface area contributed by atoms with Gasteiger partial charge in [-0.25, -0.2) is 4.39 Å². The van der Waals surface area contributed by atoms with Crippen molar-refractivity contribution < 1.29 is 14.0 Å².